The van der Waals surface area contributed by atoms with Gasteiger partial charge in [-0.15, -0.1) is 4.68 Å². The molecule has 4 rings (SSSR count). The Bertz CT molecular complexity index is 1730. The third-order valence-corrected chi connectivity index (χ3v) is 7.75. The van der Waals surface area contributed by atoms with Crippen LogP contribution in [0, 0.1) is 17.5 Å². The minimum atomic E-state index is -2.17. The monoisotopic (exact) mass is 672 g/mol. The number of nitrogens with zero attached hydrogens (tertiary/aromatic N) is 7. The quantitative estimate of drug-likeness (QED) is 0.132. The Morgan fingerprint density at radius 1 is 1.19 bits per heavy atom. The topological polar surface area (TPSA) is 174 Å². The number of anilines is 1. The number of hydrogen-bond donors (Lipinski definition) is 3. The Morgan fingerprint density at radius 3 is 2.67 bits per heavy atom. The Morgan fingerprint density at radius 2 is 1.96 bits per heavy atom. The highest BCUT2D eigenvalue weighted by atomic mass is 19.1. The fourth-order valence-electron chi connectivity index (χ4n) is 4.91. The van der Waals surface area contributed by atoms with E-state index in [-0.39, 0.29) is 23.7 Å². The molecule has 0 aliphatic heterocycles. The number of nitrogens with two attached hydrogens (primary N) is 1. The highest BCUT2D eigenvalue weighted by Crippen LogP contribution is 2.39. The first-order valence-corrected chi connectivity index (χ1v) is 14.9. The predicted molar refractivity (Wildman–Crippen MR) is 163 cm³/mol. The number of ether oxygens (including phenoxy) is 2. The molecule has 3 heterocycles. The number of carbonyl (C=O) groups excluding carboxylic acids is 2. The lowest BCUT2D eigenvalue weighted by Crippen LogP contribution is -2.42. The largest absolute Gasteiger partial charge is 0.460 e. The highest BCUT2D eigenvalue weighted by Gasteiger charge is 2.43. The lowest BCUT2D eigenvalue weighted by atomic mass is 9.79. The standard InChI is InChI=1S/C31H37F3N9O5/c1-19(27-25(34)13-37-16-39-27)31(46,23-8-7-22(32)12-24(23)33)15-43-18-42(17-40-43)20(2)48-30(45)41(4)28-21(6-5-10-38-28)14-47-29(44)26(35)9-11-36-3/h5-8,10,12-13,16-20,26,36,46H,9,11,14-15,35H2,1-4H3/q+1/t19-,20?,26-,31+/m0/s1. The average molecular weight is 673 g/mol. The number of aliphatic hydroxyl groups is 1. The summed E-state index contributed by atoms with van der Waals surface area (Å²) in [4.78, 5) is 38.3. The van der Waals surface area contributed by atoms with Crippen molar-refractivity contribution in [2.24, 2.45) is 5.73 Å². The van der Waals surface area contributed by atoms with Crippen LogP contribution in [0.3, 0.4) is 0 Å². The molecule has 0 aliphatic carbocycles. The Kier molecular flexibility index (Phi) is 11.7. The van der Waals surface area contributed by atoms with Gasteiger partial charge < -0.3 is 25.6 Å². The molecular formula is C31H37F3N9O5+. The molecule has 1 unspecified atom stereocenters. The third-order valence-electron chi connectivity index (χ3n) is 7.75. The van der Waals surface area contributed by atoms with Gasteiger partial charge in [0.15, 0.2) is 5.82 Å². The first-order valence-electron chi connectivity index (χ1n) is 14.9. The molecule has 0 radical (unpaired) electrons. The summed E-state index contributed by atoms with van der Waals surface area (Å²) in [6.45, 7) is 2.92. The molecule has 4 N–H and O–H groups in total. The van der Waals surface area contributed by atoms with E-state index in [1.165, 1.54) is 42.1 Å². The van der Waals surface area contributed by atoms with Gasteiger partial charge in [0.05, 0.1) is 11.9 Å². The maximum absolute atomic E-state index is 15.1. The number of amides is 1. The van der Waals surface area contributed by atoms with Crippen LogP contribution < -0.4 is 20.5 Å². The number of halogens is 3. The molecule has 4 atom stereocenters. The van der Waals surface area contributed by atoms with Crippen LogP contribution in [0.1, 0.15) is 49.2 Å². The Hall–Kier alpha value is -5.00. The molecule has 4 aromatic rings. The molecular weight excluding hydrogens is 635 g/mol. The zero-order chi connectivity index (χ0) is 35.0. The van der Waals surface area contributed by atoms with Crippen LogP contribution in [0.25, 0.3) is 0 Å². The molecule has 0 spiro atoms. The smallest absolute Gasteiger partial charge is 0.418 e. The minimum Gasteiger partial charge on any atom is -0.460 e. The molecule has 1 aromatic carbocycles. The number of esters is 1. The van der Waals surface area contributed by atoms with Crippen molar-refractivity contribution >= 4 is 17.9 Å². The maximum Gasteiger partial charge on any atom is 0.418 e. The fourth-order valence-corrected chi connectivity index (χ4v) is 4.91. The van der Waals surface area contributed by atoms with E-state index < -0.39 is 59.8 Å². The molecule has 0 fully saturated rings. The molecule has 14 nitrogen and oxygen atoms in total. The summed E-state index contributed by atoms with van der Waals surface area (Å²) in [5.41, 5.74) is 3.61. The number of benzene rings is 1. The number of pyridine rings is 1. The molecule has 48 heavy (non-hydrogen) atoms. The van der Waals surface area contributed by atoms with Gasteiger partial charge in [-0.2, -0.15) is 4.57 Å². The maximum atomic E-state index is 15.1. The van der Waals surface area contributed by atoms with E-state index in [4.69, 9.17) is 15.2 Å². The van der Waals surface area contributed by atoms with Crippen molar-refractivity contribution in [1.29, 1.82) is 0 Å². The molecule has 1 amide bonds. The van der Waals surface area contributed by atoms with E-state index in [1.807, 2.05) is 0 Å². The summed E-state index contributed by atoms with van der Waals surface area (Å²) in [6, 6.07) is 5.11. The second-order valence-electron chi connectivity index (χ2n) is 11.1. The molecule has 256 valence electrons. The summed E-state index contributed by atoms with van der Waals surface area (Å²) in [6.07, 6.45) is 4.79. The summed E-state index contributed by atoms with van der Waals surface area (Å²) >= 11 is 0. The number of carbonyl (C=O) groups is 2. The fraction of sp³-hybridized carbons (Fsp3) is 0.387. The van der Waals surface area contributed by atoms with E-state index in [0.29, 0.717) is 24.6 Å². The van der Waals surface area contributed by atoms with E-state index in [2.05, 4.69) is 25.4 Å². The van der Waals surface area contributed by atoms with Crippen LogP contribution in [0.4, 0.5) is 23.8 Å². The van der Waals surface area contributed by atoms with Gasteiger partial charge in [-0.05, 0) is 32.1 Å². The predicted octanol–water partition coefficient (Wildman–Crippen LogP) is 2.24. The third kappa shape index (κ3) is 8.28. The number of nitrogens with one attached hydrogen (secondary N) is 1. The van der Waals surface area contributed by atoms with Crippen molar-refractivity contribution in [2.75, 3.05) is 25.5 Å². The van der Waals surface area contributed by atoms with Crippen molar-refractivity contribution < 1.29 is 41.9 Å². The van der Waals surface area contributed by atoms with Crippen LogP contribution in [-0.2, 0) is 33.0 Å². The zero-order valence-electron chi connectivity index (χ0n) is 26.8. The lowest BCUT2D eigenvalue weighted by Gasteiger charge is -2.32. The van der Waals surface area contributed by atoms with Gasteiger partial charge in [0.25, 0.3) is 6.33 Å². The number of aromatic nitrogens is 6. The first kappa shape index (κ1) is 35.8. The van der Waals surface area contributed by atoms with Crippen LogP contribution >= 0.6 is 0 Å². The van der Waals surface area contributed by atoms with Crippen LogP contribution in [0.5, 0.6) is 0 Å². The van der Waals surface area contributed by atoms with Gasteiger partial charge >= 0.3 is 12.1 Å². The molecule has 0 bridgehead atoms. The minimum absolute atomic E-state index is 0.182. The van der Waals surface area contributed by atoms with E-state index >= 15 is 4.39 Å². The molecule has 0 saturated carbocycles. The summed E-state index contributed by atoms with van der Waals surface area (Å²) < 4.78 is 57.1. The zero-order valence-corrected chi connectivity index (χ0v) is 26.8. The molecule has 3 aromatic heterocycles. The van der Waals surface area contributed by atoms with Gasteiger partial charge in [-0.3, -0.25) is 9.69 Å². The van der Waals surface area contributed by atoms with Gasteiger partial charge in [-0.1, -0.05) is 19.1 Å². The number of rotatable bonds is 14. The number of hydrogen-bond acceptors (Lipinski definition) is 11. The van der Waals surface area contributed by atoms with Crippen molar-refractivity contribution in [3.63, 3.8) is 0 Å². The van der Waals surface area contributed by atoms with Crippen molar-refractivity contribution in [3.05, 3.63) is 96.0 Å². The summed E-state index contributed by atoms with van der Waals surface area (Å²) in [5.74, 6) is -4.31. The lowest BCUT2D eigenvalue weighted by molar-refractivity contribution is -0.753. The van der Waals surface area contributed by atoms with Gasteiger partial charge in [0.2, 0.25) is 12.6 Å². The summed E-state index contributed by atoms with van der Waals surface area (Å²) in [5, 5.41) is 19.0. The second-order valence-corrected chi connectivity index (χ2v) is 11.1. The van der Waals surface area contributed by atoms with E-state index in [1.54, 1.807) is 26.1 Å². The van der Waals surface area contributed by atoms with Crippen molar-refractivity contribution in [3.8, 4) is 0 Å². The molecule has 0 saturated heterocycles. The Balaban J connectivity index is 1.49. The van der Waals surface area contributed by atoms with Crippen molar-refractivity contribution in [2.45, 2.75) is 57.2 Å². The average Bonchev–Trinajstić information content (AvgIpc) is 3.54. The molecule has 0 aliphatic rings. The summed E-state index contributed by atoms with van der Waals surface area (Å²) in [7, 11) is 3.17. The van der Waals surface area contributed by atoms with Gasteiger partial charge in [0, 0.05) is 48.4 Å². The SMILES string of the molecule is CNCC[C@H](N)C(=O)OCc1cccnc1N(C)C(=O)OC(C)[n+]1cnn(C[C@](O)(c2ccc(F)cc2F)[C@@H](C)c2ncncc2F)c1. The first-order chi connectivity index (χ1) is 22.8. The van der Waals surface area contributed by atoms with Gasteiger partial charge in [0.1, 0.15) is 48.6 Å². The van der Waals surface area contributed by atoms with Crippen molar-refractivity contribution in [1.82, 2.24) is 30.0 Å². The normalized spacial score (nSPS) is 14.4. The van der Waals surface area contributed by atoms with Crippen LogP contribution in [0.2, 0.25) is 0 Å². The second kappa shape index (κ2) is 15.7. The highest BCUT2D eigenvalue weighted by molar-refractivity contribution is 5.86. The van der Waals surface area contributed by atoms with Crippen LogP contribution in [0.15, 0.2) is 61.7 Å². The van der Waals surface area contributed by atoms with Crippen LogP contribution in [-0.4, -0.2) is 68.6 Å². The van der Waals surface area contributed by atoms with Gasteiger partial charge in [-0.25, -0.2) is 32.9 Å². The van der Waals surface area contributed by atoms with E-state index in [0.717, 1.165) is 29.6 Å². The Labute approximate surface area is 274 Å². The van der Waals surface area contributed by atoms with E-state index in [9.17, 15) is 23.5 Å². The molecule has 17 heteroatoms.